The van der Waals surface area contributed by atoms with Gasteiger partial charge >= 0.3 is 0 Å². The van der Waals surface area contributed by atoms with Gasteiger partial charge < -0.3 is 4.74 Å². The van der Waals surface area contributed by atoms with Crippen LogP contribution in [0.4, 0.5) is 0 Å². The van der Waals surface area contributed by atoms with E-state index >= 15 is 0 Å². The van der Waals surface area contributed by atoms with Crippen LogP contribution in [0.2, 0.25) is 0 Å². The van der Waals surface area contributed by atoms with Crippen LogP contribution >= 0.6 is 11.8 Å². The number of ketones is 2. The Morgan fingerprint density at radius 1 is 1.00 bits per heavy atom. The predicted octanol–water partition coefficient (Wildman–Crippen LogP) is 3.63. The van der Waals surface area contributed by atoms with Gasteiger partial charge in [-0.25, -0.2) is 0 Å². The SMILES string of the molecule is COc1ccc(SC(C(C)=O)C(=O)c2ccccc2)cc1. The van der Waals surface area contributed by atoms with Crippen molar-refractivity contribution in [3.63, 3.8) is 0 Å². The summed E-state index contributed by atoms with van der Waals surface area (Å²) >= 11 is 1.26. The molecule has 0 amide bonds. The van der Waals surface area contributed by atoms with Gasteiger partial charge in [0.25, 0.3) is 0 Å². The smallest absolute Gasteiger partial charge is 0.183 e. The van der Waals surface area contributed by atoms with Crippen LogP contribution in [0.15, 0.2) is 59.5 Å². The Kier molecular flexibility index (Phi) is 5.17. The summed E-state index contributed by atoms with van der Waals surface area (Å²) in [6.07, 6.45) is 0. The maximum Gasteiger partial charge on any atom is 0.183 e. The molecule has 1 unspecified atom stereocenters. The van der Waals surface area contributed by atoms with Gasteiger partial charge in [-0.1, -0.05) is 30.3 Å². The number of benzene rings is 2. The summed E-state index contributed by atoms with van der Waals surface area (Å²) in [7, 11) is 1.60. The number of rotatable bonds is 6. The van der Waals surface area contributed by atoms with Crippen molar-refractivity contribution in [2.75, 3.05) is 7.11 Å². The minimum absolute atomic E-state index is 0.148. The minimum Gasteiger partial charge on any atom is -0.497 e. The summed E-state index contributed by atoms with van der Waals surface area (Å²) in [6.45, 7) is 1.45. The molecule has 108 valence electrons. The van der Waals surface area contributed by atoms with Crippen molar-refractivity contribution in [3.05, 3.63) is 60.2 Å². The number of hydrogen-bond donors (Lipinski definition) is 0. The molecule has 0 radical (unpaired) electrons. The molecule has 0 heterocycles. The Balaban J connectivity index is 2.19. The topological polar surface area (TPSA) is 43.4 Å². The lowest BCUT2D eigenvalue weighted by Gasteiger charge is -2.13. The van der Waals surface area contributed by atoms with E-state index < -0.39 is 5.25 Å². The number of Topliss-reactive ketones (excluding diaryl/α,β-unsaturated/α-hetero) is 2. The zero-order valence-electron chi connectivity index (χ0n) is 11.9. The van der Waals surface area contributed by atoms with Crippen LogP contribution < -0.4 is 4.74 Å². The number of carbonyl (C=O) groups is 2. The van der Waals surface area contributed by atoms with Crippen molar-refractivity contribution in [1.82, 2.24) is 0 Å². The summed E-state index contributed by atoms with van der Waals surface area (Å²) in [4.78, 5) is 25.1. The third kappa shape index (κ3) is 3.95. The molecule has 0 saturated carbocycles. The fraction of sp³-hybridized carbons (Fsp3) is 0.176. The van der Waals surface area contributed by atoms with Crippen molar-refractivity contribution >= 4 is 23.3 Å². The van der Waals surface area contributed by atoms with Gasteiger partial charge in [0.2, 0.25) is 0 Å². The van der Waals surface area contributed by atoms with Crippen LogP contribution in [-0.2, 0) is 4.79 Å². The van der Waals surface area contributed by atoms with Crippen molar-refractivity contribution < 1.29 is 14.3 Å². The second-order valence-electron chi connectivity index (χ2n) is 4.51. The fourth-order valence-corrected chi connectivity index (χ4v) is 2.84. The molecule has 2 rings (SSSR count). The zero-order chi connectivity index (χ0) is 15.2. The highest BCUT2D eigenvalue weighted by atomic mass is 32.2. The Labute approximate surface area is 128 Å². The van der Waals surface area contributed by atoms with Crippen molar-refractivity contribution in [1.29, 1.82) is 0 Å². The highest BCUT2D eigenvalue weighted by molar-refractivity contribution is 8.01. The Morgan fingerprint density at radius 2 is 1.62 bits per heavy atom. The molecule has 0 saturated heterocycles. The summed E-state index contributed by atoms with van der Waals surface area (Å²) in [5.74, 6) is 0.432. The third-order valence-corrected chi connectivity index (χ3v) is 4.31. The average Bonchev–Trinajstić information content (AvgIpc) is 2.53. The monoisotopic (exact) mass is 300 g/mol. The lowest BCUT2D eigenvalue weighted by atomic mass is 10.1. The number of hydrogen-bond acceptors (Lipinski definition) is 4. The van der Waals surface area contributed by atoms with E-state index in [1.54, 1.807) is 31.4 Å². The van der Waals surface area contributed by atoms with E-state index in [4.69, 9.17) is 4.74 Å². The summed E-state index contributed by atoms with van der Waals surface area (Å²) in [6, 6.07) is 16.2. The van der Waals surface area contributed by atoms with Crippen LogP contribution in [0.25, 0.3) is 0 Å². The molecule has 1 atom stereocenters. The molecular weight excluding hydrogens is 284 g/mol. The average molecular weight is 300 g/mol. The highest BCUT2D eigenvalue weighted by Crippen LogP contribution is 2.28. The predicted molar refractivity (Wildman–Crippen MR) is 84.1 cm³/mol. The number of ether oxygens (including phenoxy) is 1. The molecule has 0 fully saturated rings. The number of carbonyl (C=O) groups excluding carboxylic acids is 2. The van der Waals surface area contributed by atoms with Crippen molar-refractivity contribution in [2.24, 2.45) is 0 Å². The first-order chi connectivity index (χ1) is 10.1. The summed E-state index contributed by atoms with van der Waals surface area (Å²) in [5.41, 5.74) is 0.554. The van der Waals surface area contributed by atoms with E-state index in [1.165, 1.54) is 18.7 Å². The zero-order valence-corrected chi connectivity index (χ0v) is 12.7. The molecule has 21 heavy (non-hydrogen) atoms. The van der Waals surface area contributed by atoms with Crippen LogP contribution in [0.1, 0.15) is 17.3 Å². The highest BCUT2D eigenvalue weighted by Gasteiger charge is 2.25. The first-order valence-electron chi connectivity index (χ1n) is 6.52. The molecule has 2 aromatic carbocycles. The molecule has 0 aromatic heterocycles. The van der Waals surface area contributed by atoms with Crippen molar-refractivity contribution in [3.8, 4) is 5.75 Å². The van der Waals surface area contributed by atoms with Gasteiger partial charge in [-0.05, 0) is 31.2 Å². The fourth-order valence-electron chi connectivity index (χ4n) is 1.87. The van der Waals surface area contributed by atoms with E-state index in [-0.39, 0.29) is 11.6 Å². The molecular formula is C17H16O3S. The Hall–Kier alpha value is -2.07. The molecule has 2 aromatic rings. The molecule has 3 nitrogen and oxygen atoms in total. The molecule has 0 N–H and O–H groups in total. The molecule has 0 aliphatic rings. The van der Waals surface area contributed by atoms with Gasteiger partial charge in [0, 0.05) is 10.5 Å². The van der Waals surface area contributed by atoms with E-state index in [0.29, 0.717) is 5.56 Å². The van der Waals surface area contributed by atoms with E-state index in [2.05, 4.69) is 0 Å². The maximum atomic E-state index is 12.4. The van der Waals surface area contributed by atoms with Gasteiger partial charge in [-0.3, -0.25) is 9.59 Å². The van der Waals surface area contributed by atoms with Gasteiger partial charge in [0.05, 0.1) is 7.11 Å². The van der Waals surface area contributed by atoms with Crippen LogP contribution in [-0.4, -0.2) is 23.9 Å². The van der Waals surface area contributed by atoms with Crippen molar-refractivity contribution in [2.45, 2.75) is 17.1 Å². The quantitative estimate of drug-likeness (QED) is 0.464. The molecule has 0 aliphatic carbocycles. The van der Waals surface area contributed by atoms with E-state index in [1.807, 2.05) is 30.3 Å². The third-order valence-electron chi connectivity index (χ3n) is 2.98. The maximum absolute atomic E-state index is 12.4. The Bertz CT molecular complexity index is 620. The first-order valence-corrected chi connectivity index (χ1v) is 7.40. The van der Waals surface area contributed by atoms with E-state index in [0.717, 1.165) is 10.6 Å². The largest absolute Gasteiger partial charge is 0.497 e. The number of methoxy groups -OCH3 is 1. The van der Waals surface area contributed by atoms with Gasteiger partial charge in [0.1, 0.15) is 11.0 Å². The molecule has 0 bridgehead atoms. The van der Waals surface area contributed by atoms with Gasteiger partial charge in [-0.15, -0.1) is 11.8 Å². The second-order valence-corrected chi connectivity index (χ2v) is 5.69. The molecule has 4 heteroatoms. The standard InChI is InChI=1S/C17H16O3S/c1-12(18)17(16(19)13-6-4-3-5-7-13)21-15-10-8-14(20-2)9-11-15/h3-11,17H,1-2H3. The van der Waals surface area contributed by atoms with Crippen LogP contribution in [0.3, 0.4) is 0 Å². The minimum atomic E-state index is -0.721. The Morgan fingerprint density at radius 3 is 2.14 bits per heavy atom. The van der Waals surface area contributed by atoms with E-state index in [9.17, 15) is 9.59 Å². The van der Waals surface area contributed by atoms with Crippen LogP contribution in [0, 0.1) is 0 Å². The molecule has 0 spiro atoms. The summed E-state index contributed by atoms with van der Waals surface area (Å²) in [5, 5.41) is -0.721. The lowest BCUT2D eigenvalue weighted by Crippen LogP contribution is -2.24. The van der Waals surface area contributed by atoms with Gasteiger partial charge in [0.15, 0.2) is 11.6 Å². The number of thioether (sulfide) groups is 1. The second kappa shape index (κ2) is 7.09. The van der Waals surface area contributed by atoms with Gasteiger partial charge in [-0.2, -0.15) is 0 Å². The first kappa shape index (κ1) is 15.3. The lowest BCUT2D eigenvalue weighted by molar-refractivity contribution is -0.115. The normalized spacial score (nSPS) is 11.7. The summed E-state index contributed by atoms with van der Waals surface area (Å²) < 4.78 is 5.10. The molecule has 0 aliphatic heterocycles. The van der Waals surface area contributed by atoms with Crippen LogP contribution in [0.5, 0.6) is 5.75 Å².